The van der Waals surface area contributed by atoms with Gasteiger partial charge < -0.3 is 4.98 Å². The first-order valence-corrected chi connectivity index (χ1v) is 10.4. The average Bonchev–Trinajstić information content (AvgIpc) is 3.38. The lowest BCUT2D eigenvalue weighted by Gasteiger charge is -2.21. The van der Waals surface area contributed by atoms with Gasteiger partial charge in [0.15, 0.2) is 0 Å². The van der Waals surface area contributed by atoms with Crippen LogP contribution in [0.25, 0.3) is 11.3 Å². The van der Waals surface area contributed by atoms with Crippen LogP contribution in [0, 0.1) is 0 Å². The minimum Gasteiger partial charge on any atom is -0.341 e. The molecule has 1 aromatic carbocycles. The van der Waals surface area contributed by atoms with E-state index in [0.29, 0.717) is 32.6 Å². The van der Waals surface area contributed by atoms with Crippen molar-refractivity contribution >= 4 is 10.0 Å². The molecule has 0 aliphatic carbocycles. The Balaban J connectivity index is 1.39. The van der Waals surface area contributed by atoms with Gasteiger partial charge in [0.2, 0.25) is 10.0 Å². The number of likely N-dealkylation sites (tertiary alicyclic amines) is 1. The van der Waals surface area contributed by atoms with Gasteiger partial charge >= 0.3 is 0 Å². The van der Waals surface area contributed by atoms with E-state index in [1.807, 2.05) is 36.5 Å². The third-order valence-corrected chi connectivity index (χ3v) is 7.47. The fraction of sp³-hybridized carbons (Fsp3) is 0.500. The van der Waals surface area contributed by atoms with Crippen LogP contribution in [0.15, 0.2) is 36.5 Å². The molecule has 134 valence electrons. The van der Waals surface area contributed by atoms with Gasteiger partial charge in [0.05, 0.1) is 23.7 Å². The maximum Gasteiger partial charge on any atom is 0.218 e. The van der Waals surface area contributed by atoms with Crippen molar-refractivity contribution in [2.45, 2.75) is 31.1 Å². The van der Waals surface area contributed by atoms with E-state index in [1.54, 1.807) is 4.31 Å². The fourth-order valence-corrected chi connectivity index (χ4v) is 5.75. The molecule has 2 aliphatic rings. The lowest BCUT2D eigenvalue weighted by atomic mass is 10.2. The molecule has 3 heterocycles. The minimum atomic E-state index is -3.14. The Hall–Kier alpha value is -1.70. The molecule has 1 N–H and O–H groups in total. The number of imidazole rings is 1. The number of aromatic amines is 1. The summed E-state index contributed by atoms with van der Waals surface area (Å²) in [5.41, 5.74) is 2.10. The zero-order valence-corrected chi connectivity index (χ0v) is 15.1. The van der Waals surface area contributed by atoms with Gasteiger partial charge in [0.25, 0.3) is 0 Å². The van der Waals surface area contributed by atoms with Gasteiger partial charge in [-0.15, -0.1) is 0 Å². The van der Waals surface area contributed by atoms with E-state index >= 15 is 0 Å². The lowest BCUT2D eigenvalue weighted by Crippen LogP contribution is -2.38. The molecule has 25 heavy (non-hydrogen) atoms. The predicted molar refractivity (Wildman–Crippen MR) is 97.4 cm³/mol. The number of rotatable bonds is 5. The van der Waals surface area contributed by atoms with Gasteiger partial charge in [-0.1, -0.05) is 30.3 Å². The number of aromatic nitrogens is 2. The van der Waals surface area contributed by atoms with E-state index in [1.165, 1.54) is 0 Å². The number of benzene rings is 1. The van der Waals surface area contributed by atoms with E-state index < -0.39 is 10.0 Å². The molecule has 0 bridgehead atoms. The van der Waals surface area contributed by atoms with Crippen LogP contribution in [0.1, 0.15) is 25.1 Å². The molecule has 2 saturated heterocycles. The van der Waals surface area contributed by atoms with Crippen molar-refractivity contribution in [3.05, 3.63) is 42.4 Å². The van der Waals surface area contributed by atoms with Gasteiger partial charge in [-0.2, -0.15) is 0 Å². The first-order chi connectivity index (χ1) is 12.1. The molecular formula is C18H24N4O2S. The molecule has 1 aromatic heterocycles. The Morgan fingerprint density at radius 1 is 1.12 bits per heavy atom. The summed E-state index contributed by atoms with van der Waals surface area (Å²) < 4.78 is 27.1. The van der Waals surface area contributed by atoms with Gasteiger partial charge in [-0.25, -0.2) is 17.7 Å². The molecule has 1 atom stereocenters. The highest BCUT2D eigenvalue weighted by Gasteiger charge is 2.38. The summed E-state index contributed by atoms with van der Waals surface area (Å²) in [6.07, 6.45) is 4.54. The number of nitrogens with zero attached hydrogens (tertiary/aromatic N) is 3. The van der Waals surface area contributed by atoms with Crippen LogP contribution in [-0.2, 0) is 16.6 Å². The summed E-state index contributed by atoms with van der Waals surface area (Å²) in [7, 11) is -3.14. The number of sulfonamides is 1. The molecule has 2 aliphatic heterocycles. The Morgan fingerprint density at radius 2 is 1.88 bits per heavy atom. The summed E-state index contributed by atoms with van der Waals surface area (Å²) in [4.78, 5) is 10.0. The second-order valence-electron chi connectivity index (χ2n) is 6.91. The van der Waals surface area contributed by atoms with Crippen molar-refractivity contribution < 1.29 is 8.42 Å². The van der Waals surface area contributed by atoms with Crippen LogP contribution in [0.2, 0.25) is 0 Å². The van der Waals surface area contributed by atoms with Crippen molar-refractivity contribution in [2.75, 3.05) is 26.2 Å². The Labute approximate surface area is 148 Å². The zero-order chi connectivity index (χ0) is 17.3. The highest BCUT2D eigenvalue weighted by Crippen LogP contribution is 2.25. The summed E-state index contributed by atoms with van der Waals surface area (Å²) in [6.45, 7) is 3.45. The maximum absolute atomic E-state index is 12.7. The number of H-pyrrole nitrogens is 1. The Kier molecular flexibility index (Phi) is 4.62. The molecule has 0 spiro atoms. The van der Waals surface area contributed by atoms with Gasteiger partial charge in [-0.05, 0) is 24.8 Å². The van der Waals surface area contributed by atoms with E-state index in [0.717, 1.165) is 36.5 Å². The predicted octanol–water partition coefficient (Wildman–Crippen LogP) is 2.08. The summed E-state index contributed by atoms with van der Waals surface area (Å²) >= 11 is 0. The van der Waals surface area contributed by atoms with Crippen molar-refractivity contribution in [3.8, 4) is 11.3 Å². The first-order valence-electron chi connectivity index (χ1n) is 8.93. The van der Waals surface area contributed by atoms with Gasteiger partial charge in [-0.3, -0.25) is 4.90 Å². The van der Waals surface area contributed by atoms with E-state index in [2.05, 4.69) is 14.9 Å². The monoisotopic (exact) mass is 360 g/mol. The van der Waals surface area contributed by atoms with E-state index in [-0.39, 0.29) is 5.25 Å². The standard InChI is InChI=1S/C18H24N4O2S/c23-25(24,22-9-4-5-10-22)16-8-11-21(13-16)14-18-19-12-17(20-18)15-6-2-1-3-7-15/h1-3,6-7,12,16H,4-5,8-11,13-14H2,(H,19,20)/t16-/m0/s1. The highest BCUT2D eigenvalue weighted by molar-refractivity contribution is 7.89. The Morgan fingerprint density at radius 3 is 2.64 bits per heavy atom. The van der Waals surface area contributed by atoms with Crippen LogP contribution in [0.5, 0.6) is 0 Å². The van der Waals surface area contributed by atoms with Crippen LogP contribution in [0.4, 0.5) is 0 Å². The average molecular weight is 360 g/mol. The summed E-state index contributed by atoms with van der Waals surface area (Å²) in [5.74, 6) is 0.887. The molecule has 0 unspecified atom stereocenters. The van der Waals surface area contributed by atoms with Crippen molar-refractivity contribution in [1.82, 2.24) is 19.2 Å². The van der Waals surface area contributed by atoms with Gasteiger partial charge in [0, 0.05) is 26.2 Å². The second-order valence-corrected chi connectivity index (χ2v) is 9.12. The normalized spacial score (nSPS) is 22.6. The number of nitrogens with one attached hydrogen (secondary N) is 1. The Bertz CT molecular complexity index is 813. The molecule has 0 saturated carbocycles. The summed E-state index contributed by atoms with van der Waals surface area (Å²) in [6, 6.07) is 10.1. The van der Waals surface area contributed by atoms with Crippen LogP contribution >= 0.6 is 0 Å². The third kappa shape index (κ3) is 3.49. The lowest BCUT2D eigenvalue weighted by molar-refractivity contribution is 0.322. The largest absolute Gasteiger partial charge is 0.341 e. The van der Waals surface area contributed by atoms with E-state index in [4.69, 9.17) is 0 Å². The van der Waals surface area contributed by atoms with Crippen LogP contribution < -0.4 is 0 Å². The topological polar surface area (TPSA) is 69.3 Å². The van der Waals surface area contributed by atoms with Crippen molar-refractivity contribution in [3.63, 3.8) is 0 Å². The zero-order valence-electron chi connectivity index (χ0n) is 14.3. The number of hydrogen-bond acceptors (Lipinski definition) is 4. The maximum atomic E-state index is 12.7. The molecule has 2 fully saturated rings. The first kappa shape index (κ1) is 16.8. The van der Waals surface area contributed by atoms with Crippen molar-refractivity contribution in [2.24, 2.45) is 0 Å². The fourth-order valence-electron chi connectivity index (χ4n) is 3.76. The smallest absolute Gasteiger partial charge is 0.218 e. The van der Waals surface area contributed by atoms with Crippen LogP contribution in [-0.4, -0.2) is 59.0 Å². The van der Waals surface area contributed by atoms with Gasteiger partial charge in [0.1, 0.15) is 5.82 Å². The second kappa shape index (κ2) is 6.90. The molecule has 0 radical (unpaired) electrons. The SMILES string of the molecule is O=S(=O)([C@H]1CCN(Cc2ncc(-c3ccccc3)[nH]2)C1)N1CCCC1. The third-order valence-electron chi connectivity index (χ3n) is 5.16. The quantitative estimate of drug-likeness (QED) is 0.886. The molecule has 6 nitrogen and oxygen atoms in total. The molecule has 0 amide bonds. The minimum absolute atomic E-state index is 0.269. The molecular weight excluding hydrogens is 336 g/mol. The molecule has 4 rings (SSSR count). The highest BCUT2D eigenvalue weighted by atomic mass is 32.2. The van der Waals surface area contributed by atoms with Crippen LogP contribution in [0.3, 0.4) is 0 Å². The van der Waals surface area contributed by atoms with Crippen molar-refractivity contribution in [1.29, 1.82) is 0 Å². The molecule has 7 heteroatoms. The van der Waals surface area contributed by atoms with E-state index in [9.17, 15) is 8.42 Å². The number of hydrogen-bond donors (Lipinski definition) is 1. The molecule has 2 aromatic rings. The summed E-state index contributed by atoms with van der Waals surface area (Å²) in [5, 5.41) is -0.269.